The van der Waals surface area contributed by atoms with Crippen molar-refractivity contribution in [1.29, 1.82) is 0 Å². The molecule has 0 fully saturated rings. The average molecular weight is 1310 g/mol. The number of carbonyl (C=O) groups excluding carboxylic acids is 4. The summed E-state index contributed by atoms with van der Waals surface area (Å²) >= 11 is 0. The van der Waals surface area contributed by atoms with Gasteiger partial charge in [0.1, 0.15) is 19.3 Å². The molecule has 0 saturated carbocycles. The van der Waals surface area contributed by atoms with E-state index in [4.69, 9.17) is 37.0 Å². The highest BCUT2D eigenvalue weighted by atomic mass is 31.2. The van der Waals surface area contributed by atoms with Gasteiger partial charge in [-0.2, -0.15) is 0 Å². The first-order chi connectivity index (χ1) is 42.8. The fraction of sp³-hybridized carbons (Fsp3) is 0.886. The maximum atomic E-state index is 13.0. The van der Waals surface area contributed by atoms with Crippen LogP contribution in [0.5, 0.6) is 0 Å². The summed E-state index contributed by atoms with van der Waals surface area (Å²) in [5.74, 6) is 0.0610. The standard InChI is InChI=1S/C70H132O17P2/c1-8-11-12-13-14-15-16-17-18-19-20-24-29-37-44-51-67(72)80-57-65(86-69(74)53-46-39-30-25-22-21-23-28-35-42-49-62(6)9-2)59-84-88(76,77)82-55-64(71)56-83-89(78,79)85-60-66(87-70(75)54-47-40-33-32-36-43-50-63(7)10-3)58-81-68(73)52-45-38-31-26-27-34-41-48-61(4)5/h15-18,61-66,71H,8-14,19-60H2,1-7H3,(H,76,77)(H,78,79)/b16-15-,18-17-/t62?,63?,64?,65-,66-/m1/s1. The van der Waals surface area contributed by atoms with Crippen LogP contribution < -0.4 is 0 Å². The average Bonchev–Trinajstić information content (AvgIpc) is 3.62. The van der Waals surface area contributed by atoms with Gasteiger partial charge in [-0.3, -0.25) is 37.3 Å². The van der Waals surface area contributed by atoms with E-state index in [0.717, 1.165) is 127 Å². The van der Waals surface area contributed by atoms with Gasteiger partial charge in [-0.1, -0.05) is 272 Å². The Balaban J connectivity index is 5.29. The predicted octanol–water partition coefficient (Wildman–Crippen LogP) is 19.4. The molecule has 0 saturated heterocycles. The summed E-state index contributed by atoms with van der Waals surface area (Å²) in [6, 6.07) is 0. The Morgan fingerprint density at radius 1 is 0.371 bits per heavy atom. The second kappa shape index (κ2) is 60.5. The predicted molar refractivity (Wildman–Crippen MR) is 358 cm³/mol. The maximum absolute atomic E-state index is 13.0. The van der Waals surface area contributed by atoms with Crippen molar-refractivity contribution in [2.45, 2.75) is 343 Å². The SMILES string of the molecule is CCCCCC/C=C\C=C/CCCCCCCC(=O)OC[C@H](COP(=O)(O)OCC(O)COP(=O)(O)OC[C@@H](COC(=O)CCCCCCCCCC(C)C)OC(=O)CCCCCCCCC(C)CC)OC(=O)CCCCCCCCCCCCC(C)CC. The Labute approximate surface area is 542 Å². The number of unbranched alkanes of at least 4 members (excludes halogenated alkanes) is 29. The molecule has 0 aliphatic carbocycles. The molecule has 0 aromatic rings. The molecule has 0 rings (SSSR count). The second-order valence-electron chi connectivity index (χ2n) is 25.5. The summed E-state index contributed by atoms with van der Waals surface area (Å²) in [6.07, 6.45) is 46.7. The lowest BCUT2D eigenvalue weighted by Gasteiger charge is -2.21. The van der Waals surface area contributed by atoms with Crippen molar-refractivity contribution in [2.75, 3.05) is 39.6 Å². The van der Waals surface area contributed by atoms with Crippen LogP contribution in [-0.4, -0.2) is 96.7 Å². The van der Waals surface area contributed by atoms with Crippen molar-refractivity contribution in [1.82, 2.24) is 0 Å². The van der Waals surface area contributed by atoms with Crippen LogP contribution in [0.4, 0.5) is 0 Å². The molecule has 0 bridgehead atoms. The first-order valence-corrected chi connectivity index (χ1v) is 38.7. The van der Waals surface area contributed by atoms with Crippen LogP contribution >= 0.6 is 15.6 Å². The minimum Gasteiger partial charge on any atom is -0.462 e. The van der Waals surface area contributed by atoms with Gasteiger partial charge in [0.15, 0.2) is 12.2 Å². The van der Waals surface area contributed by atoms with E-state index in [1.165, 1.54) is 109 Å². The highest BCUT2D eigenvalue weighted by Crippen LogP contribution is 2.45. The molecule has 0 heterocycles. The van der Waals surface area contributed by atoms with E-state index in [1.54, 1.807) is 0 Å². The highest BCUT2D eigenvalue weighted by Gasteiger charge is 2.30. The highest BCUT2D eigenvalue weighted by molar-refractivity contribution is 7.47. The van der Waals surface area contributed by atoms with Gasteiger partial charge in [0.05, 0.1) is 26.4 Å². The monoisotopic (exact) mass is 1310 g/mol. The summed E-state index contributed by atoms with van der Waals surface area (Å²) in [4.78, 5) is 72.5. The molecule has 524 valence electrons. The number of carbonyl (C=O) groups is 4. The van der Waals surface area contributed by atoms with Crippen molar-refractivity contribution in [3.8, 4) is 0 Å². The van der Waals surface area contributed by atoms with Crippen molar-refractivity contribution in [3.63, 3.8) is 0 Å². The number of aliphatic hydroxyl groups is 1. The quantitative estimate of drug-likeness (QED) is 0.0169. The van der Waals surface area contributed by atoms with Gasteiger partial charge in [0.25, 0.3) is 0 Å². The van der Waals surface area contributed by atoms with Crippen molar-refractivity contribution < 1.29 is 80.2 Å². The van der Waals surface area contributed by atoms with Crippen LogP contribution in [0.2, 0.25) is 0 Å². The van der Waals surface area contributed by atoms with E-state index >= 15 is 0 Å². The minimum atomic E-state index is -4.96. The first-order valence-electron chi connectivity index (χ1n) is 35.7. The zero-order valence-corrected chi connectivity index (χ0v) is 59.2. The third-order valence-corrected chi connectivity index (χ3v) is 18.1. The van der Waals surface area contributed by atoms with Crippen molar-refractivity contribution in [3.05, 3.63) is 24.3 Å². The van der Waals surface area contributed by atoms with E-state index in [-0.39, 0.29) is 25.7 Å². The summed E-state index contributed by atoms with van der Waals surface area (Å²) in [5, 5.41) is 10.6. The smallest absolute Gasteiger partial charge is 0.462 e. The molecule has 5 unspecified atom stereocenters. The third kappa shape index (κ3) is 61.5. The summed E-state index contributed by atoms with van der Waals surface area (Å²) in [5.41, 5.74) is 0. The van der Waals surface area contributed by atoms with Crippen molar-refractivity contribution in [2.24, 2.45) is 17.8 Å². The van der Waals surface area contributed by atoms with Gasteiger partial charge in [0, 0.05) is 25.7 Å². The van der Waals surface area contributed by atoms with Crippen LogP contribution in [-0.2, 0) is 65.4 Å². The zero-order valence-electron chi connectivity index (χ0n) is 57.4. The minimum absolute atomic E-state index is 0.0987. The van der Waals surface area contributed by atoms with Gasteiger partial charge in [-0.05, 0) is 69.1 Å². The number of phosphoric ester groups is 2. The number of aliphatic hydroxyl groups excluding tert-OH is 1. The van der Waals surface area contributed by atoms with E-state index in [1.807, 2.05) is 0 Å². The molecule has 7 atom stereocenters. The molecule has 0 aliphatic heterocycles. The molecule has 0 aliphatic rings. The van der Waals surface area contributed by atoms with Gasteiger partial charge in [-0.25, -0.2) is 9.13 Å². The summed E-state index contributed by atoms with van der Waals surface area (Å²) < 4.78 is 68.2. The summed E-state index contributed by atoms with van der Waals surface area (Å²) in [6.45, 7) is 11.7. The van der Waals surface area contributed by atoms with Gasteiger partial charge in [-0.15, -0.1) is 0 Å². The first kappa shape index (κ1) is 86.5. The lowest BCUT2D eigenvalue weighted by atomic mass is 9.99. The molecular weight excluding hydrogens is 1170 g/mol. The van der Waals surface area contributed by atoms with E-state index in [2.05, 4.69) is 72.8 Å². The lowest BCUT2D eigenvalue weighted by molar-refractivity contribution is -0.161. The topological polar surface area (TPSA) is 237 Å². The molecule has 3 N–H and O–H groups in total. The molecule has 0 radical (unpaired) electrons. The lowest BCUT2D eigenvalue weighted by Crippen LogP contribution is -2.30. The van der Waals surface area contributed by atoms with Gasteiger partial charge < -0.3 is 33.8 Å². The number of allylic oxidation sites excluding steroid dienone is 4. The Kier molecular flexibility index (Phi) is 58.8. The maximum Gasteiger partial charge on any atom is 0.472 e. The van der Waals surface area contributed by atoms with Crippen LogP contribution in [0, 0.1) is 17.8 Å². The Morgan fingerprint density at radius 2 is 0.663 bits per heavy atom. The molecule has 17 nitrogen and oxygen atoms in total. The molecule has 0 amide bonds. The number of phosphoric acid groups is 2. The van der Waals surface area contributed by atoms with Crippen molar-refractivity contribution >= 4 is 39.5 Å². The Bertz CT molecular complexity index is 1850. The fourth-order valence-corrected chi connectivity index (χ4v) is 11.5. The molecule has 0 aromatic heterocycles. The van der Waals surface area contributed by atoms with E-state index < -0.39 is 97.5 Å². The molecule has 89 heavy (non-hydrogen) atoms. The molecule has 19 heteroatoms. The van der Waals surface area contributed by atoms with Crippen LogP contribution in [0.15, 0.2) is 24.3 Å². The fourth-order valence-electron chi connectivity index (χ4n) is 9.94. The molecular formula is C70H132O17P2. The number of rotatable bonds is 66. The van der Waals surface area contributed by atoms with E-state index in [9.17, 15) is 43.2 Å². The normalized spacial score (nSPS) is 15.0. The van der Waals surface area contributed by atoms with Gasteiger partial charge >= 0.3 is 39.5 Å². The number of hydrogen-bond donors (Lipinski definition) is 3. The van der Waals surface area contributed by atoms with Crippen LogP contribution in [0.3, 0.4) is 0 Å². The third-order valence-electron chi connectivity index (χ3n) is 16.2. The van der Waals surface area contributed by atoms with Gasteiger partial charge in [0.2, 0.25) is 0 Å². The Hall–Kier alpha value is -2.46. The second-order valence-corrected chi connectivity index (χ2v) is 28.5. The van der Waals surface area contributed by atoms with Crippen LogP contribution in [0.1, 0.15) is 325 Å². The van der Waals surface area contributed by atoms with E-state index in [0.29, 0.717) is 31.6 Å². The van der Waals surface area contributed by atoms with Crippen LogP contribution in [0.25, 0.3) is 0 Å². The Morgan fingerprint density at radius 3 is 1.00 bits per heavy atom. The zero-order chi connectivity index (χ0) is 65.9. The molecule has 0 spiro atoms. The number of esters is 4. The summed E-state index contributed by atoms with van der Waals surface area (Å²) in [7, 11) is -9.91. The molecule has 0 aromatic carbocycles. The largest absolute Gasteiger partial charge is 0.472 e. The number of ether oxygens (including phenoxy) is 4. The number of hydrogen-bond acceptors (Lipinski definition) is 15.